The Morgan fingerprint density at radius 3 is 2.85 bits per heavy atom. The summed E-state index contributed by atoms with van der Waals surface area (Å²) in [4.78, 5) is 24.7. The van der Waals surface area contributed by atoms with Crippen LogP contribution in [-0.2, 0) is 16.0 Å². The molecule has 0 bridgehead atoms. The Labute approximate surface area is 158 Å². The number of esters is 1. The number of hydrogen-bond acceptors (Lipinski definition) is 5. The SMILES string of the molecule is Cc1cc(C(=O)COC(=O)c2cccc(C#N)c2)c(C)n1C[C@@H]1CCCO1. The van der Waals surface area contributed by atoms with Crippen LogP contribution in [0.4, 0.5) is 0 Å². The summed E-state index contributed by atoms with van der Waals surface area (Å²) in [7, 11) is 0. The van der Waals surface area contributed by atoms with Crippen LogP contribution in [0.5, 0.6) is 0 Å². The molecule has 1 atom stereocenters. The Morgan fingerprint density at radius 2 is 2.15 bits per heavy atom. The Morgan fingerprint density at radius 1 is 1.33 bits per heavy atom. The molecule has 0 unspecified atom stereocenters. The van der Waals surface area contributed by atoms with Gasteiger partial charge in [-0.25, -0.2) is 4.79 Å². The number of ether oxygens (including phenoxy) is 2. The van der Waals surface area contributed by atoms with E-state index >= 15 is 0 Å². The second-order valence-electron chi connectivity index (χ2n) is 6.72. The van der Waals surface area contributed by atoms with Crippen molar-refractivity contribution < 1.29 is 19.1 Å². The lowest BCUT2D eigenvalue weighted by Gasteiger charge is -2.14. The van der Waals surface area contributed by atoms with E-state index in [0.29, 0.717) is 11.1 Å². The van der Waals surface area contributed by atoms with Crippen molar-refractivity contribution in [1.29, 1.82) is 5.26 Å². The first-order valence-electron chi connectivity index (χ1n) is 8.98. The van der Waals surface area contributed by atoms with Crippen LogP contribution in [0.25, 0.3) is 0 Å². The van der Waals surface area contributed by atoms with Crippen molar-refractivity contribution in [2.24, 2.45) is 0 Å². The van der Waals surface area contributed by atoms with Gasteiger partial charge in [0.25, 0.3) is 0 Å². The number of Topliss-reactive ketones (excluding diaryl/α,β-unsaturated/α-hetero) is 1. The van der Waals surface area contributed by atoms with E-state index in [-0.39, 0.29) is 24.1 Å². The molecule has 1 saturated heterocycles. The van der Waals surface area contributed by atoms with Crippen molar-refractivity contribution >= 4 is 11.8 Å². The average molecular weight is 366 g/mol. The molecule has 3 rings (SSSR count). The number of hydrogen-bond donors (Lipinski definition) is 0. The summed E-state index contributed by atoms with van der Waals surface area (Å²) in [5, 5.41) is 8.90. The fraction of sp³-hybridized carbons (Fsp3) is 0.381. The van der Waals surface area contributed by atoms with Crippen molar-refractivity contribution in [3.05, 3.63) is 58.4 Å². The van der Waals surface area contributed by atoms with Gasteiger partial charge >= 0.3 is 5.97 Å². The number of rotatable bonds is 6. The molecule has 140 valence electrons. The summed E-state index contributed by atoms with van der Waals surface area (Å²) in [5.41, 5.74) is 3.03. The Bertz CT molecular complexity index is 901. The molecule has 2 heterocycles. The fourth-order valence-electron chi connectivity index (χ4n) is 3.36. The van der Waals surface area contributed by atoms with Gasteiger partial charge in [0.1, 0.15) is 0 Å². The highest BCUT2D eigenvalue weighted by Gasteiger charge is 2.22. The number of aryl methyl sites for hydroxylation is 1. The van der Waals surface area contributed by atoms with Crippen molar-refractivity contribution in [3.63, 3.8) is 0 Å². The lowest BCUT2D eigenvalue weighted by molar-refractivity contribution is 0.0474. The topological polar surface area (TPSA) is 81.3 Å². The third-order valence-electron chi connectivity index (χ3n) is 4.85. The summed E-state index contributed by atoms with van der Waals surface area (Å²) < 4.78 is 12.9. The quantitative estimate of drug-likeness (QED) is 0.579. The first kappa shape index (κ1) is 18.9. The third kappa shape index (κ3) is 4.26. The molecule has 0 amide bonds. The smallest absolute Gasteiger partial charge is 0.338 e. The van der Waals surface area contributed by atoms with E-state index in [2.05, 4.69) is 4.57 Å². The minimum Gasteiger partial charge on any atom is -0.454 e. The molecule has 1 fully saturated rings. The van der Waals surface area contributed by atoms with E-state index in [1.807, 2.05) is 26.0 Å². The summed E-state index contributed by atoms with van der Waals surface area (Å²) in [6.45, 7) is 5.04. The van der Waals surface area contributed by atoms with Crippen LogP contribution < -0.4 is 0 Å². The number of nitrogens with zero attached hydrogens (tertiary/aromatic N) is 2. The Hall–Kier alpha value is -2.91. The molecule has 1 aromatic heterocycles. The maximum Gasteiger partial charge on any atom is 0.338 e. The summed E-state index contributed by atoms with van der Waals surface area (Å²) in [6, 6.07) is 10.0. The van der Waals surface area contributed by atoms with Gasteiger partial charge in [-0.2, -0.15) is 5.26 Å². The van der Waals surface area contributed by atoms with Gasteiger partial charge in [0.2, 0.25) is 5.78 Å². The van der Waals surface area contributed by atoms with E-state index in [4.69, 9.17) is 14.7 Å². The van der Waals surface area contributed by atoms with Crippen LogP contribution in [0, 0.1) is 25.2 Å². The monoisotopic (exact) mass is 366 g/mol. The number of carbonyl (C=O) groups is 2. The van der Waals surface area contributed by atoms with E-state index < -0.39 is 5.97 Å². The summed E-state index contributed by atoms with van der Waals surface area (Å²) >= 11 is 0. The van der Waals surface area contributed by atoms with Crippen molar-refractivity contribution in [1.82, 2.24) is 4.57 Å². The highest BCUT2D eigenvalue weighted by atomic mass is 16.5. The molecule has 0 spiro atoms. The number of carbonyl (C=O) groups excluding carboxylic acids is 2. The van der Waals surface area contributed by atoms with Gasteiger partial charge in [-0.15, -0.1) is 0 Å². The zero-order valence-corrected chi connectivity index (χ0v) is 15.5. The van der Waals surface area contributed by atoms with E-state index in [0.717, 1.165) is 37.4 Å². The number of benzene rings is 1. The van der Waals surface area contributed by atoms with Gasteiger partial charge in [-0.05, 0) is 51.0 Å². The van der Waals surface area contributed by atoms with Gasteiger partial charge in [0.05, 0.1) is 23.3 Å². The molecular formula is C21H22N2O4. The van der Waals surface area contributed by atoms with Crippen molar-refractivity contribution in [2.45, 2.75) is 39.3 Å². The van der Waals surface area contributed by atoms with Gasteiger partial charge in [0.15, 0.2) is 6.61 Å². The van der Waals surface area contributed by atoms with Crippen LogP contribution in [0.2, 0.25) is 0 Å². The van der Waals surface area contributed by atoms with Crippen LogP contribution >= 0.6 is 0 Å². The lowest BCUT2D eigenvalue weighted by atomic mass is 10.1. The second-order valence-corrected chi connectivity index (χ2v) is 6.72. The largest absolute Gasteiger partial charge is 0.454 e. The molecule has 6 nitrogen and oxygen atoms in total. The zero-order valence-electron chi connectivity index (χ0n) is 15.5. The first-order valence-corrected chi connectivity index (χ1v) is 8.98. The lowest BCUT2D eigenvalue weighted by Crippen LogP contribution is -2.18. The van der Waals surface area contributed by atoms with Crippen molar-refractivity contribution in [2.75, 3.05) is 13.2 Å². The molecule has 1 aliphatic heterocycles. The predicted molar refractivity (Wildman–Crippen MR) is 98.7 cm³/mol. The minimum atomic E-state index is -0.617. The minimum absolute atomic E-state index is 0.183. The third-order valence-corrected chi connectivity index (χ3v) is 4.85. The highest BCUT2D eigenvalue weighted by molar-refractivity contribution is 6.00. The van der Waals surface area contributed by atoms with Crippen molar-refractivity contribution in [3.8, 4) is 6.07 Å². The number of nitriles is 1. The molecule has 1 aromatic carbocycles. The molecule has 6 heteroatoms. The normalized spacial score (nSPS) is 16.1. The predicted octanol–water partition coefficient (Wildman–Crippen LogP) is 3.20. The van der Waals surface area contributed by atoms with Crippen LogP contribution in [0.3, 0.4) is 0 Å². The molecule has 2 aromatic rings. The summed E-state index contributed by atoms with van der Waals surface area (Å²) in [5.74, 6) is -0.861. The van der Waals surface area contributed by atoms with Crippen LogP contribution in [-0.4, -0.2) is 35.6 Å². The molecular weight excluding hydrogens is 344 g/mol. The fourth-order valence-corrected chi connectivity index (χ4v) is 3.36. The average Bonchev–Trinajstić information content (AvgIpc) is 3.29. The Balaban J connectivity index is 1.65. The standard InChI is InChI=1S/C21H22N2O4/c1-14-9-19(15(2)23(14)12-18-7-4-8-26-18)20(24)13-27-21(25)17-6-3-5-16(10-17)11-22/h3,5-6,9-10,18H,4,7-8,12-13H2,1-2H3/t18-/m0/s1. The molecule has 0 N–H and O–H groups in total. The molecule has 0 saturated carbocycles. The summed E-state index contributed by atoms with van der Waals surface area (Å²) in [6.07, 6.45) is 2.28. The van der Waals surface area contributed by atoms with E-state index in [1.54, 1.807) is 18.2 Å². The Kier molecular flexibility index (Phi) is 5.72. The van der Waals surface area contributed by atoms with Gasteiger partial charge in [-0.3, -0.25) is 4.79 Å². The van der Waals surface area contributed by atoms with Gasteiger partial charge < -0.3 is 14.0 Å². The van der Waals surface area contributed by atoms with Crippen LogP contribution in [0.1, 0.15) is 50.5 Å². The molecule has 1 aliphatic rings. The van der Waals surface area contributed by atoms with Crippen LogP contribution in [0.15, 0.2) is 30.3 Å². The maximum absolute atomic E-state index is 12.6. The van der Waals surface area contributed by atoms with E-state index in [1.165, 1.54) is 6.07 Å². The second kappa shape index (κ2) is 8.19. The highest BCUT2D eigenvalue weighted by Crippen LogP contribution is 2.21. The number of ketones is 1. The molecule has 27 heavy (non-hydrogen) atoms. The zero-order chi connectivity index (χ0) is 19.4. The van der Waals surface area contributed by atoms with Gasteiger partial charge in [-0.1, -0.05) is 6.07 Å². The molecule has 0 radical (unpaired) electrons. The number of aromatic nitrogens is 1. The maximum atomic E-state index is 12.6. The molecule has 0 aliphatic carbocycles. The first-order chi connectivity index (χ1) is 13.0. The van der Waals surface area contributed by atoms with E-state index in [9.17, 15) is 9.59 Å². The van der Waals surface area contributed by atoms with Gasteiger partial charge in [0, 0.05) is 30.1 Å².